The number of hydrogen-bond donors (Lipinski definition) is 3. The van der Waals surface area contributed by atoms with E-state index in [4.69, 9.17) is 5.84 Å². The van der Waals surface area contributed by atoms with Gasteiger partial charge in [-0.2, -0.15) is 0 Å². The fraction of sp³-hybridized carbons (Fsp3) is 0.750. The maximum atomic E-state index is 11.4. The predicted molar refractivity (Wildman–Crippen MR) is 31.2 cm³/mol. The van der Waals surface area contributed by atoms with E-state index in [9.17, 15) is 13.6 Å². The molecule has 60 valence electrons. The number of carbonyl (C=O) groups excluding carboxylic acids is 1. The van der Waals surface area contributed by atoms with Crippen molar-refractivity contribution in [3.8, 4) is 0 Å². The SMILES string of the molecule is NNCC(=O)NCC(F)F. The lowest BCUT2D eigenvalue weighted by molar-refractivity contribution is -0.120. The molecule has 0 aliphatic heterocycles. The Labute approximate surface area is 56.7 Å². The lowest BCUT2D eigenvalue weighted by atomic mass is 10.5. The molecule has 0 heterocycles. The van der Waals surface area contributed by atoms with Gasteiger partial charge in [0.15, 0.2) is 0 Å². The summed E-state index contributed by atoms with van der Waals surface area (Å²) in [6, 6.07) is 0. The van der Waals surface area contributed by atoms with E-state index in [0.717, 1.165) is 0 Å². The Bertz CT molecular complexity index is 109. The van der Waals surface area contributed by atoms with Crippen LogP contribution in [0.1, 0.15) is 0 Å². The number of alkyl halides is 2. The third-order valence-corrected chi connectivity index (χ3v) is 0.716. The third kappa shape index (κ3) is 5.39. The van der Waals surface area contributed by atoms with E-state index < -0.39 is 18.9 Å². The van der Waals surface area contributed by atoms with Crippen LogP contribution in [0.5, 0.6) is 0 Å². The van der Waals surface area contributed by atoms with Crippen molar-refractivity contribution in [2.24, 2.45) is 5.84 Å². The first kappa shape index (κ1) is 9.25. The van der Waals surface area contributed by atoms with Crippen LogP contribution in [0, 0.1) is 0 Å². The molecule has 0 fully saturated rings. The zero-order valence-electron chi connectivity index (χ0n) is 5.23. The smallest absolute Gasteiger partial charge is 0.255 e. The standard InChI is InChI=1S/C4H9F2N3O/c5-3(6)1-8-4(10)2-9-7/h3,9H,1-2,7H2,(H,8,10). The van der Waals surface area contributed by atoms with E-state index in [2.05, 4.69) is 0 Å². The van der Waals surface area contributed by atoms with E-state index in [-0.39, 0.29) is 6.54 Å². The molecule has 10 heavy (non-hydrogen) atoms. The molecule has 0 aliphatic carbocycles. The van der Waals surface area contributed by atoms with Crippen molar-refractivity contribution < 1.29 is 13.6 Å². The van der Waals surface area contributed by atoms with Gasteiger partial charge in [0.25, 0.3) is 6.43 Å². The van der Waals surface area contributed by atoms with Crippen molar-refractivity contribution in [1.82, 2.24) is 10.7 Å². The largest absolute Gasteiger partial charge is 0.349 e. The van der Waals surface area contributed by atoms with E-state index in [1.165, 1.54) is 0 Å². The number of amides is 1. The molecule has 4 N–H and O–H groups in total. The molecule has 0 radical (unpaired) electrons. The van der Waals surface area contributed by atoms with Gasteiger partial charge in [-0.25, -0.2) is 8.78 Å². The fourth-order valence-electron chi connectivity index (χ4n) is 0.346. The van der Waals surface area contributed by atoms with Crippen LogP contribution in [-0.4, -0.2) is 25.4 Å². The molecule has 6 heteroatoms. The average molecular weight is 153 g/mol. The molecule has 0 saturated heterocycles. The number of nitrogens with one attached hydrogen (secondary N) is 2. The summed E-state index contributed by atoms with van der Waals surface area (Å²) in [4.78, 5) is 10.4. The van der Waals surface area contributed by atoms with Crippen LogP contribution in [0.4, 0.5) is 8.78 Å². The molecular formula is C4H9F2N3O. The molecule has 4 nitrogen and oxygen atoms in total. The highest BCUT2D eigenvalue weighted by Gasteiger charge is 2.04. The Balaban J connectivity index is 3.22. The first-order valence-corrected chi connectivity index (χ1v) is 2.65. The molecule has 0 unspecified atom stereocenters. The fourth-order valence-corrected chi connectivity index (χ4v) is 0.346. The molecule has 0 aromatic carbocycles. The van der Waals surface area contributed by atoms with Gasteiger partial charge in [-0.05, 0) is 0 Å². The zero-order valence-corrected chi connectivity index (χ0v) is 5.23. The number of hydrazine groups is 1. The van der Waals surface area contributed by atoms with Crippen LogP contribution in [-0.2, 0) is 4.79 Å². The highest BCUT2D eigenvalue weighted by molar-refractivity contribution is 5.77. The van der Waals surface area contributed by atoms with Crippen molar-refractivity contribution in [2.75, 3.05) is 13.1 Å². The number of nitrogens with two attached hydrogens (primary N) is 1. The number of halogens is 2. The Morgan fingerprint density at radius 1 is 1.60 bits per heavy atom. The summed E-state index contributed by atoms with van der Waals surface area (Å²) < 4.78 is 22.7. The van der Waals surface area contributed by atoms with Crippen molar-refractivity contribution in [1.29, 1.82) is 0 Å². The van der Waals surface area contributed by atoms with Crippen LogP contribution < -0.4 is 16.6 Å². The lowest BCUT2D eigenvalue weighted by Crippen LogP contribution is -2.38. The van der Waals surface area contributed by atoms with Crippen LogP contribution >= 0.6 is 0 Å². The molecule has 0 saturated carbocycles. The highest BCUT2D eigenvalue weighted by atomic mass is 19.3. The van der Waals surface area contributed by atoms with Gasteiger partial charge in [-0.1, -0.05) is 0 Å². The van der Waals surface area contributed by atoms with Crippen molar-refractivity contribution >= 4 is 5.91 Å². The lowest BCUT2D eigenvalue weighted by Gasteiger charge is -2.01. The van der Waals surface area contributed by atoms with Gasteiger partial charge in [0.05, 0.1) is 13.1 Å². The minimum atomic E-state index is -2.51. The summed E-state index contributed by atoms with van der Waals surface area (Å²) in [5.41, 5.74) is 2.03. The van der Waals surface area contributed by atoms with Gasteiger partial charge in [0.2, 0.25) is 5.91 Å². The predicted octanol–water partition coefficient (Wildman–Crippen LogP) is -1.17. The molecule has 0 bridgehead atoms. The molecule has 1 amide bonds. The molecule has 0 spiro atoms. The second-order valence-corrected chi connectivity index (χ2v) is 1.58. The van der Waals surface area contributed by atoms with E-state index in [1.807, 2.05) is 10.7 Å². The van der Waals surface area contributed by atoms with E-state index in [0.29, 0.717) is 0 Å². The first-order valence-electron chi connectivity index (χ1n) is 2.65. The van der Waals surface area contributed by atoms with Crippen LogP contribution in [0.15, 0.2) is 0 Å². The van der Waals surface area contributed by atoms with Crippen LogP contribution in [0.2, 0.25) is 0 Å². The molecule has 0 aromatic rings. The van der Waals surface area contributed by atoms with Gasteiger partial charge in [-0.15, -0.1) is 0 Å². The summed E-state index contributed by atoms with van der Waals surface area (Å²) >= 11 is 0. The average Bonchev–Trinajstić information content (AvgIpc) is 1.85. The number of carbonyl (C=O) groups is 1. The Kier molecular flexibility index (Phi) is 4.69. The first-order chi connectivity index (χ1) is 4.66. The minimum Gasteiger partial charge on any atom is -0.349 e. The summed E-state index contributed by atoms with van der Waals surface area (Å²) in [7, 11) is 0. The van der Waals surface area contributed by atoms with Crippen molar-refractivity contribution in [2.45, 2.75) is 6.43 Å². The molecule has 0 aliphatic rings. The summed E-state index contributed by atoms with van der Waals surface area (Å²) in [6.07, 6.45) is -2.51. The molecule has 0 aromatic heterocycles. The quantitative estimate of drug-likeness (QED) is 0.352. The summed E-state index contributed by atoms with van der Waals surface area (Å²) in [6.45, 7) is -0.771. The van der Waals surface area contributed by atoms with Crippen LogP contribution in [0.3, 0.4) is 0 Å². The second kappa shape index (κ2) is 5.07. The Morgan fingerprint density at radius 2 is 2.20 bits per heavy atom. The van der Waals surface area contributed by atoms with Gasteiger partial charge < -0.3 is 5.32 Å². The maximum Gasteiger partial charge on any atom is 0.255 e. The number of hydrogen-bond acceptors (Lipinski definition) is 3. The summed E-state index contributed by atoms with van der Waals surface area (Å²) in [5.74, 6) is 4.20. The Hall–Kier alpha value is -0.750. The topological polar surface area (TPSA) is 67.1 Å². The zero-order chi connectivity index (χ0) is 7.98. The minimum absolute atomic E-state index is 0.146. The van der Waals surface area contributed by atoms with Gasteiger partial charge in [-0.3, -0.25) is 16.1 Å². The van der Waals surface area contributed by atoms with E-state index >= 15 is 0 Å². The third-order valence-electron chi connectivity index (χ3n) is 0.716. The van der Waals surface area contributed by atoms with Crippen molar-refractivity contribution in [3.05, 3.63) is 0 Å². The molecular weight excluding hydrogens is 144 g/mol. The van der Waals surface area contributed by atoms with Gasteiger partial charge >= 0.3 is 0 Å². The summed E-state index contributed by atoms with van der Waals surface area (Å²) in [5, 5.41) is 1.95. The van der Waals surface area contributed by atoms with Gasteiger partial charge in [0.1, 0.15) is 0 Å². The van der Waals surface area contributed by atoms with Crippen LogP contribution in [0.25, 0.3) is 0 Å². The molecule has 0 atom stereocenters. The Morgan fingerprint density at radius 3 is 2.60 bits per heavy atom. The normalized spacial score (nSPS) is 10.0. The second-order valence-electron chi connectivity index (χ2n) is 1.58. The van der Waals surface area contributed by atoms with Gasteiger partial charge in [0, 0.05) is 0 Å². The highest BCUT2D eigenvalue weighted by Crippen LogP contribution is 1.86. The van der Waals surface area contributed by atoms with Crippen molar-refractivity contribution in [3.63, 3.8) is 0 Å². The molecule has 0 rings (SSSR count). The van der Waals surface area contributed by atoms with E-state index in [1.54, 1.807) is 0 Å². The monoisotopic (exact) mass is 153 g/mol. The maximum absolute atomic E-state index is 11.4. The number of rotatable bonds is 4.